The fourth-order valence-electron chi connectivity index (χ4n) is 2.02. The number of hydrogen-bond acceptors (Lipinski definition) is 3. The average Bonchev–Trinajstić information content (AvgIpc) is 2.42. The molecule has 0 heterocycles. The maximum absolute atomic E-state index is 11.2. The first kappa shape index (κ1) is 17.5. The van der Waals surface area contributed by atoms with Gasteiger partial charge in [0.25, 0.3) is 0 Å². The van der Waals surface area contributed by atoms with E-state index in [1.807, 2.05) is 19.1 Å². The van der Waals surface area contributed by atoms with E-state index < -0.39 is 0 Å². The summed E-state index contributed by atoms with van der Waals surface area (Å²) in [4.78, 5) is 11.2. The van der Waals surface area contributed by atoms with Gasteiger partial charge < -0.3 is 9.47 Å². The Kier molecular flexibility index (Phi) is 7.27. The SMILES string of the molecule is CCOC(=O)CCCCCOc1ccc(C(C)(C)C)cc1. The Morgan fingerprint density at radius 3 is 2.29 bits per heavy atom. The summed E-state index contributed by atoms with van der Waals surface area (Å²) in [6.07, 6.45) is 3.32. The number of unbranched alkanes of at least 4 members (excludes halogenated alkanes) is 2. The number of carbonyl (C=O) groups is 1. The minimum absolute atomic E-state index is 0.101. The number of rotatable bonds is 8. The zero-order valence-electron chi connectivity index (χ0n) is 13.8. The maximum atomic E-state index is 11.2. The van der Waals surface area contributed by atoms with E-state index in [2.05, 4.69) is 32.9 Å². The lowest BCUT2D eigenvalue weighted by Gasteiger charge is -2.19. The van der Waals surface area contributed by atoms with E-state index in [1.165, 1.54) is 5.56 Å². The molecule has 0 saturated heterocycles. The van der Waals surface area contributed by atoms with Gasteiger partial charge in [0.15, 0.2) is 0 Å². The standard InChI is InChI=1S/C18H28O3/c1-5-20-17(19)9-7-6-8-14-21-16-12-10-15(11-13-16)18(2,3)4/h10-13H,5-9,14H2,1-4H3. The molecule has 3 nitrogen and oxygen atoms in total. The second kappa shape index (κ2) is 8.71. The van der Waals surface area contributed by atoms with E-state index in [0.717, 1.165) is 25.0 Å². The second-order valence-electron chi connectivity index (χ2n) is 6.24. The predicted molar refractivity (Wildman–Crippen MR) is 85.7 cm³/mol. The van der Waals surface area contributed by atoms with Crippen LogP contribution in [0.4, 0.5) is 0 Å². The van der Waals surface area contributed by atoms with Crippen LogP contribution in [-0.4, -0.2) is 19.2 Å². The van der Waals surface area contributed by atoms with Crippen LogP contribution in [0.1, 0.15) is 58.9 Å². The first-order valence-corrected chi connectivity index (χ1v) is 7.82. The highest BCUT2D eigenvalue weighted by Crippen LogP contribution is 2.24. The molecule has 1 aromatic rings. The molecule has 118 valence electrons. The Hall–Kier alpha value is -1.51. The lowest BCUT2D eigenvalue weighted by molar-refractivity contribution is -0.143. The van der Waals surface area contributed by atoms with Crippen LogP contribution in [0.3, 0.4) is 0 Å². The van der Waals surface area contributed by atoms with Crippen LogP contribution in [0.2, 0.25) is 0 Å². The highest BCUT2D eigenvalue weighted by Gasteiger charge is 2.12. The van der Waals surface area contributed by atoms with Gasteiger partial charge >= 0.3 is 5.97 Å². The Morgan fingerprint density at radius 2 is 1.71 bits per heavy atom. The normalized spacial score (nSPS) is 11.2. The summed E-state index contributed by atoms with van der Waals surface area (Å²) in [7, 11) is 0. The van der Waals surface area contributed by atoms with Gasteiger partial charge in [0, 0.05) is 6.42 Å². The van der Waals surface area contributed by atoms with Gasteiger partial charge in [-0.05, 0) is 49.3 Å². The molecular formula is C18H28O3. The third-order valence-electron chi connectivity index (χ3n) is 3.32. The van der Waals surface area contributed by atoms with Crippen LogP contribution in [0.15, 0.2) is 24.3 Å². The summed E-state index contributed by atoms with van der Waals surface area (Å²) in [6.45, 7) is 9.59. The molecule has 3 heteroatoms. The first-order valence-electron chi connectivity index (χ1n) is 7.82. The molecule has 0 aromatic heterocycles. The molecule has 21 heavy (non-hydrogen) atoms. The number of hydrogen-bond donors (Lipinski definition) is 0. The van der Waals surface area contributed by atoms with Crippen LogP contribution < -0.4 is 4.74 Å². The predicted octanol–water partition coefficient (Wildman–Crippen LogP) is 4.49. The van der Waals surface area contributed by atoms with E-state index in [1.54, 1.807) is 0 Å². The summed E-state index contributed by atoms with van der Waals surface area (Å²) in [5.74, 6) is 0.810. The van der Waals surface area contributed by atoms with Crippen LogP contribution in [0.25, 0.3) is 0 Å². The van der Waals surface area contributed by atoms with Crippen molar-refractivity contribution in [1.82, 2.24) is 0 Å². The van der Waals surface area contributed by atoms with Gasteiger partial charge in [0.2, 0.25) is 0 Å². The monoisotopic (exact) mass is 292 g/mol. The van der Waals surface area contributed by atoms with Crippen molar-refractivity contribution in [1.29, 1.82) is 0 Å². The maximum Gasteiger partial charge on any atom is 0.305 e. The molecular weight excluding hydrogens is 264 g/mol. The molecule has 0 radical (unpaired) electrons. The highest BCUT2D eigenvalue weighted by atomic mass is 16.5. The molecule has 0 fully saturated rings. The van der Waals surface area contributed by atoms with Crippen molar-refractivity contribution in [3.8, 4) is 5.75 Å². The van der Waals surface area contributed by atoms with Crippen molar-refractivity contribution in [2.24, 2.45) is 0 Å². The van der Waals surface area contributed by atoms with Gasteiger partial charge in [-0.2, -0.15) is 0 Å². The number of benzene rings is 1. The molecule has 0 spiro atoms. The summed E-state index contributed by atoms with van der Waals surface area (Å²) in [6, 6.07) is 8.30. The molecule has 1 rings (SSSR count). The lowest BCUT2D eigenvalue weighted by atomic mass is 9.87. The molecule has 1 aromatic carbocycles. The molecule has 0 bridgehead atoms. The molecule has 0 atom stereocenters. The van der Waals surface area contributed by atoms with Crippen molar-refractivity contribution >= 4 is 5.97 Å². The van der Waals surface area contributed by atoms with Crippen molar-refractivity contribution < 1.29 is 14.3 Å². The smallest absolute Gasteiger partial charge is 0.305 e. The molecule has 0 amide bonds. The fourth-order valence-corrected chi connectivity index (χ4v) is 2.02. The third kappa shape index (κ3) is 7.16. The first-order chi connectivity index (χ1) is 9.93. The molecule has 0 aliphatic carbocycles. The second-order valence-corrected chi connectivity index (χ2v) is 6.24. The van der Waals surface area contributed by atoms with Gasteiger partial charge in [-0.1, -0.05) is 32.9 Å². The van der Waals surface area contributed by atoms with Gasteiger partial charge in [0.1, 0.15) is 5.75 Å². The highest BCUT2D eigenvalue weighted by molar-refractivity contribution is 5.69. The topological polar surface area (TPSA) is 35.5 Å². The molecule has 0 aliphatic heterocycles. The number of esters is 1. The van der Waals surface area contributed by atoms with Crippen molar-refractivity contribution in [2.45, 2.75) is 58.8 Å². The average molecular weight is 292 g/mol. The van der Waals surface area contributed by atoms with Gasteiger partial charge in [-0.25, -0.2) is 0 Å². The van der Waals surface area contributed by atoms with Crippen molar-refractivity contribution in [2.75, 3.05) is 13.2 Å². The van der Waals surface area contributed by atoms with Gasteiger partial charge in [-0.3, -0.25) is 4.79 Å². The molecule has 0 N–H and O–H groups in total. The quantitative estimate of drug-likeness (QED) is 0.523. The molecule has 0 saturated carbocycles. The zero-order valence-corrected chi connectivity index (χ0v) is 13.8. The summed E-state index contributed by atoms with van der Waals surface area (Å²) < 4.78 is 10.6. The summed E-state index contributed by atoms with van der Waals surface area (Å²) in [5, 5.41) is 0. The van der Waals surface area contributed by atoms with Gasteiger partial charge in [0.05, 0.1) is 13.2 Å². The van der Waals surface area contributed by atoms with E-state index in [0.29, 0.717) is 19.6 Å². The van der Waals surface area contributed by atoms with Crippen LogP contribution in [-0.2, 0) is 14.9 Å². The Bertz CT molecular complexity index is 415. The van der Waals surface area contributed by atoms with Gasteiger partial charge in [-0.15, -0.1) is 0 Å². The zero-order chi connectivity index (χ0) is 15.7. The summed E-state index contributed by atoms with van der Waals surface area (Å²) >= 11 is 0. The lowest BCUT2D eigenvalue weighted by Crippen LogP contribution is -2.10. The van der Waals surface area contributed by atoms with E-state index >= 15 is 0 Å². The van der Waals surface area contributed by atoms with Crippen molar-refractivity contribution in [3.05, 3.63) is 29.8 Å². The largest absolute Gasteiger partial charge is 0.494 e. The Labute approximate surface area is 128 Å². The van der Waals surface area contributed by atoms with Crippen molar-refractivity contribution in [3.63, 3.8) is 0 Å². The van der Waals surface area contributed by atoms with Crippen LogP contribution >= 0.6 is 0 Å². The minimum Gasteiger partial charge on any atom is -0.494 e. The van der Waals surface area contributed by atoms with E-state index in [9.17, 15) is 4.79 Å². The van der Waals surface area contributed by atoms with Crippen LogP contribution in [0.5, 0.6) is 5.75 Å². The minimum atomic E-state index is -0.101. The van der Waals surface area contributed by atoms with Crippen LogP contribution in [0, 0.1) is 0 Å². The fraction of sp³-hybridized carbons (Fsp3) is 0.611. The summed E-state index contributed by atoms with van der Waals surface area (Å²) in [5.41, 5.74) is 1.48. The number of ether oxygens (including phenoxy) is 2. The Balaban J connectivity index is 2.17. The Morgan fingerprint density at radius 1 is 1.05 bits per heavy atom. The van der Waals surface area contributed by atoms with E-state index in [4.69, 9.17) is 9.47 Å². The number of carbonyl (C=O) groups excluding carboxylic acids is 1. The third-order valence-corrected chi connectivity index (χ3v) is 3.32. The molecule has 0 unspecified atom stereocenters. The molecule has 0 aliphatic rings. The van der Waals surface area contributed by atoms with E-state index in [-0.39, 0.29) is 11.4 Å².